The SMILES string of the molecule is O=C(Cc1ccccn1)n1cccn1. The maximum atomic E-state index is 11.5. The maximum absolute atomic E-state index is 11.5. The number of aromatic nitrogens is 3. The van der Waals surface area contributed by atoms with E-state index < -0.39 is 0 Å². The molecule has 2 aromatic rings. The molecule has 0 spiro atoms. The van der Waals surface area contributed by atoms with E-state index in [9.17, 15) is 4.79 Å². The van der Waals surface area contributed by atoms with Crippen LogP contribution in [0, 0.1) is 0 Å². The molecule has 0 N–H and O–H groups in total. The van der Waals surface area contributed by atoms with Gasteiger partial charge >= 0.3 is 0 Å². The minimum atomic E-state index is -0.0753. The van der Waals surface area contributed by atoms with Gasteiger partial charge in [0.25, 0.3) is 5.91 Å². The fourth-order valence-electron chi connectivity index (χ4n) is 1.15. The summed E-state index contributed by atoms with van der Waals surface area (Å²) in [6.45, 7) is 0. The average Bonchev–Trinajstić information content (AvgIpc) is 2.72. The Morgan fingerprint density at radius 2 is 2.21 bits per heavy atom. The molecule has 4 nitrogen and oxygen atoms in total. The number of hydrogen-bond donors (Lipinski definition) is 0. The molecule has 4 heteroatoms. The van der Waals surface area contributed by atoms with Crippen molar-refractivity contribution in [3.05, 3.63) is 48.5 Å². The number of nitrogens with zero attached hydrogens (tertiary/aromatic N) is 3. The third kappa shape index (κ3) is 1.85. The van der Waals surface area contributed by atoms with Crippen molar-refractivity contribution in [2.24, 2.45) is 0 Å². The van der Waals surface area contributed by atoms with E-state index in [1.165, 1.54) is 4.68 Å². The first kappa shape index (κ1) is 8.62. The molecule has 0 unspecified atom stereocenters. The van der Waals surface area contributed by atoms with Crippen LogP contribution in [-0.2, 0) is 6.42 Å². The molecule has 0 atom stereocenters. The molecule has 2 aromatic heterocycles. The average molecular weight is 187 g/mol. The molecule has 0 amide bonds. The molecule has 70 valence electrons. The van der Waals surface area contributed by atoms with Crippen LogP contribution < -0.4 is 0 Å². The Bertz CT molecular complexity index is 408. The molecule has 0 saturated heterocycles. The highest BCUT2D eigenvalue weighted by Gasteiger charge is 2.05. The second-order valence-electron chi connectivity index (χ2n) is 2.84. The van der Waals surface area contributed by atoms with Crippen LogP contribution in [0.4, 0.5) is 0 Å². The minimum absolute atomic E-state index is 0.0753. The number of rotatable bonds is 2. The quantitative estimate of drug-likeness (QED) is 0.708. The van der Waals surface area contributed by atoms with Crippen molar-refractivity contribution in [3.63, 3.8) is 0 Å². The summed E-state index contributed by atoms with van der Waals surface area (Å²) in [4.78, 5) is 15.6. The van der Waals surface area contributed by atoms with Gasteiger partial charge in [-0.3, -0.25) is 9.78 Å². The molecule has 2 rings (SSSR count). The summed E-state index contributed by atoms with van der Waals surface area (Å²) in [5.74, 6) is -0.0753. The summed E-state index contributed by atoms with van der Waals surface area (Å²) < 4.78 is 1.31. The van der Waals surface area contributed by atoms with Crippen molar-refractivity contribution in [3.8, 4) is 0 Å². The van der Waals surface area contributed by atoms with Crippen molar-refractivity contribution in [2.45, 2.75) is 6.42 Å². The van der Waals surface area contributed by atoms with E-state index in [-0.39, 0.29) is 12.3 Å². The third-order valence-corrected chi connectivity index (χ3v) is 1.82. The molecule has 2 heterocycles. The first-order chi connectivity index (χ1) is 6.86. The molecule has 0 aliphatic rings. The third-order valence-electron chi connectivity index (χ3n) is 1.82. The Morgan fingerprint density at radius 1 is 1.29 bits per heavy atom. The van der Waals surface area contributed by atoms with Crippen LogP contribution in [-0.4, -0.2) is 20.7 Å². The lowest BCUT2D eigenvalue weighted by Crippen LogP contribution is -2.14. The van der Waals surface area contributed by atoms with E-state index in [1.807, 2.05) is 18.2 Å². The Labute approximate surface area is 81.2 Å². The zero-order chi connectivity index (χ0) is 9.80. The first-order valence-corrected chi connectivity index (χ1v) is 4.29. The van der Waals surface area contributed by atoms with Gasteiger partial charge in [-0.1, -0.05) is 6.07 Å². The monoisotopic (exact) mass is 187 g/mol. The fraction of sp³-hybridized carbons (Fsp3) is 0.100. The molecular formula is C10H9N3O. The van der Waals surface area contributed by atoms with Gasteiger partial charge in [-0.05, 0) is 18.2 Å². The van der Waals surface area contributed by atoms with E-state index in [0.29, 0.717) is 0 Å². The molecule has 0 fully saturated rings. The van der Waals surface area contributed by atoms with Crippen LogP contribution >= 0.6 is 0 Å². The van der Waals surface area contributed by atoms with Crippen LogP contribution in [0.2, 0.25) is 0 Å². The summed E-state index contributed by atoms with van der Waals surface area (Å²) in [5, 5.41) is 3.85. The highest BCUT2D eigenvalue weighted by atomic mass is 16.2. The fourth-order valence-corrected chi connectivity index (χ4v) is 1.15. The Balaban J connectivity index is 2.10. The molecule has 0 radical (unpaired) electrons. The van der Waals surface area contributed by atoms with Crippen LogP contribution in [0.25, 0.3) is 0 Å². The summed E-state index contributed by atoms with van der Waals surface area (Å²) in [6.07, 6.45) is 5.16. The van der Waals surface area contributed by atoms with Crippen molar-refractivity contribution >= 4 is 5.91 Å². The highest BCUT2D eigenvalue weighted by molar-refractivity contribution is 5.79. The van der Waals surface area contributed by atoms with Crippen LogP contribution in [0.15, 0.2) is 42.9 Å². The van der Waals surface area contributed by atoms with Gasteiger partial charge < -0.3 is 0 Å². The minimum Gasteiger partial charge on any atom is -0.272 e. The summed E-state index contributed by atoms with van der Waals surface area (Å²) in [6, 6.07) is 7.22. The number of hydrogen-bond acceptors (Lipinski definition) is 3. The molecule has 0 aliphatic heterocycles. The molecule has 0 aromatic carbocycles. The maximum Gasteiger partial charge on any atom is 0.252 e. The first-order valence-electron chi connectivity index (χ1n) is 4.29. The normalized spacial score (nSPS) is 10.0. The molecular weight excluding hydrogens is 178 g/mol. The lowest BCUT2D eigenvalue weighted by Gasteiger charge is -1.99. The summed E-state index contributed by atoms with van der Waals surface area (Å²) >= 11 is 0. The molecule has 14 heavy (non-hydrogen) atoms. The van der Waals surface area contributed by atoms with Crippen molar-refractivity contribution < 1.29 is 4.79 Å². The van der Waals surface area contributed by atoms with Crippen LogP contribution in [0.1, 0.15) is 10.5 Å². The van der Waals surface area contributed by atoms with Gasteiger partial charge in [0.1, 0.15) is 0 Å². The summed E-state index contributed by atoms with van der Waals surface area (Å²) in [5.41, 5.74) is 0.757. The predicted molar refractivity (Wildman–Crippen MR) is 50.8 cm³/mol. The van der Waals surface area contributed by atoms with E-state index in [4.69, 9.17) is 0 Å². The van der Waals surface area contributed by atoms with Gasteiger partial charge in [0, 0.05) is 24.3 Å². The second kappa shape index (κ2) is 3.83. The van der Waals surface area contributed by atoms with Gasteiger partial charge in [-0.25, -0.2) is 4.68 Å². The molecule has 0 aliphatic carbocycles. The largest absolute Gasteiger partial charge is 0.272 e. The van der Waals surface area contributed by atoms with Gasteiger partial charge in [0.2, 0.25) is 0 Å². The van der Waals surface area contributed by atoms with Crippen LogP contribution in [0.5, 0.6) is 0 Å². The zero-order valence-electron chi connectivity index (χ0n) is 7.50. The smallest absolute Gasteiger partial charge is 0.252 e. The van der Waals surface area contributed by atoms with Gasteiger partial charge in [-0.2, -0.15) is 5.10 Å². The van der Waals surface area contributed by atoms with E-state index >= 15 is 0 Å². The molecule has 0 saturated carbocycles. The highest BCUT2D eigenvalue weighted by Crippen LogP contribution is 1.97. The Morgan fingerprint density at radius 3 is 2.86 bits per heavy atom. The summed E-state index contributed by atoms with van der Waals surface area (Å²) in [7, 11) is 0. The molecule has 0 bridgehead atoms. The number of pyridine rings is 1. The lowest BCUT2D eigenvalue weighted by molar-refractivity contribution is 0.0897. The van der Waals surface area contributed by atoms with Crippen LogP contribution in [0.3, 0.4) is 0 Å². The van der Waals surface area contributed by atoms with Gasteiger partial charge in [0.15, 0.2) is 0 Å². The van der Waals surface area contributed by atoms with Crippen molar-refractivity contribution in [1.29, 1.82) is 0 Å². The Kier molecular flexibility index (Phi) is 2.36. The van der Waals surface area contributed by atoms with Gasteiger partial charge in [-0.15, -0.1) is 0 Å². The van der Waals surface area contributed by atoms with Crippen molar-refractivity contribution in [1.82, 2.24) is 14.8 Å². The second-order valence-corrected chi connectivity index (χ2v) is 2.84. The van der Waals surface area contributed by atoms with E-state index in [1.54, 1.807) is 24.7 Å². The topological polar surface area (TPSA) is 47.8 Å². The van der Waals surface area contributed by atoms with Gasteiger partial charge in [0.05, 0.1) is 6.42 Å². The Hall–Kier alpha value is -1.97. The van der Waals surface area contributed by atoms with E-state index in [2.05, 4.69) is 10.1 Å². The number of carbonyl (C=O) groups excluding carboxylic acids is 1. The lowest BCUT2D eigenvalue weighted by atomic mass is 10.2. The number of carbonyl (C=O) groups is 1. The van der Waals surface area contributed by atoms with Crippen molar-refractivity contribution in [2.75, 3.05) is 0 Å². The predicted octanol–water partition coefficient (Wildman–Crippen LogP) is 1.16. The van der Waals surface area contributed by atoms with E-state index in [0.717, 1.165) is 5.69 Å². The standard InChI is InChI=1S/C10H9N3O/c14-10(13-7-3-6-12-13)8-9-4-1-2-5-11-9/h1-7H,8H2. The zero-order valence-corrected chi connectivity index (χ0v) is 7.50.